The number of benzene rings is 4. The molecule has 6 rings (SSSR count). The first kappa shape index (κ1) is 32.6. The number of anilines is 1. The maximum absolute atomic E-state index is 16.7. The second-order valence-corrected chi connectivity index (χ2v) is 11.1. The molecule has 0 aliphatic carbocycles. The van der Waals surface area contributed by atoms with Crippen LogP contribution in [-0.4, -0.2) is 59.8 Å². The van der Waals surface area contributed by atoms with Gasteiger partial charge in [0.05, 0.1) is 20.8 Å². The molecule has 5 aromatic rings. The predicted molar refractivity (Wildman–Crippen MR) is 176 cm³/mol. The van der Waals surface area contributed by atoms with Crippen molar-refractivity contribution in [3.05, 3.63) is 154 Å². The Morgan fingerprint density at radius 1 is 0.854 bits per heavy atom. The Hall–Kier alpha value is -5.36. The lowest BCUT2D eigenvalue weighted by Gasteiger charge is -2.39. The third-order valence-electron chi connectivity index (χ3n) is 8.31. The molecular weight excluding hydrogens is 617 g/mol. The Balaban J connectivity index is 1.38. The Morgan fingerprint density at radius 2 is 1.40 bits per heavy atom. The summed E-state index contributed by atoms with van der Waals surface area (Å²) in [5.74, 6) is 0.772. The third kappa shape index (κ3) is 6.30. The minimum atomic E-state index is -1.93. The summed E-state index contributed by atoms with van der Waals surface area (Å²) in [7, 11) is 3.13. The summed E-state index contributed by atoms with van der Waals surface area (Å²) in [6.45, 7) is -0.592. The number of rotatable bonds is 11. The highest BCUT2D eigenvalue weighted by Gasteiger charge is 2.52. The van der Waals surface area contributed by atoms with Gasteiger partial charge in [0.25, 0.3) is 5.91 Å². The standard InChI is InChI=1S/C37H34FN3O7/c1-45-28-17-13-26(14-18-28)37(25-11-7-4-8-12-25,27-15-19-29(46-2)20-16-27)48-33-30(23-42)47-35(32(33)38)41-22-21-31(40-36(41)44)39-34(43)24-9-5-3-6-10-24/h3-22,30,32-33,35,42H,23H2,1-2H3,(H,39,40,43,44)/t30-,32-,33-,35-/m1/s1. The van der Waals surface area contributed by atoms with E-state index in [0.29, 0.717) is 33.8 Å². The first-order valence-corrected chi connectivity index (χ1v) is 15.3. The third-order valence-corrected chi connectivity index (χ3v) is 8.31. The highest BCUT2D eigenvalue weighted by atomic mass is 19.1. The van der Waals surface area contributed by atoms with E-state index in [1.54, 1.807) is 68.8 Å². The largest absolute Gasteiger partial charge is 0.497 e. The van der Waals surface area contributed by atoms with E-state index in [0.717, 1.165) is 4.57 Å². The number of methoxy groups -OCH3 is 2. The molecule has 0 saturated carbocycles. The molecule has 11 heteroatoms. The molecule has 48 heavy (non-hydrogen) atoms. The fourth-order valence-corrected chi connectivity index (χ4v) is 5.89. The summed E-state index contributed by atoms with van der Waals surface area (Å²) in [5.41, 5.74) is 0.118. The fraction of sp³-hybridized carbons (Fsp3) is 0.216. The van der Waals surface area contributed by atoms with E-state index in [9.17, 15) is 14.7 Å². The van der Waals surface area contributed by atoms with Gasteiger partial charge in [-0.3, -0.25) is 9.36 Å². The Kier molecular flexibility index (Phi) is 9.62. The second kappa shape index (κ2) is 14.2. The van der Waals surface area contributed by atoms with Crippen LogP contribution in [0.4, 0.5) is 10.2 Å². The van der Waals surface area contributed by atoms with Gasteiger partial charge in [0.1, 0.15) is 35.1 Å². The van der Waals surface area contributed by atoms with Crippen LogP contribution in [0, 0.1) is 0 Å². The van der Waals surface area contributed by atoms with E-state index >= 15 is 4.39 Å². The number of ether oxygens (including phenoxy) is 4. The molecule has 0 spiro atoms. The van der Waals surface area contributed by atoms with Crippen molar-refractivity contribution in [2.45, 2.75) is 30.2 Å². The average molecular weight is 652 g/mol. The average Bonchev–Trinajstić information content (AvgIpc) is 3.45. The monoisotopic (exact) mass is 651 g/mol. The number of aliphatic hydroxyl groups excluding tert-OH is 1. The van der Waals surface area contributed by atoms with Crippen LogP contribution in [0.5, 0.6) is 11.5 Å². The molecular formula is C37H34FN3O7. The number of hydrogen-bond donors (Lipinski definition) is 2. The second-order valence-electron chi connectivity index (χ2n) is 11.1. The molecule has 0 radical (unpaired) electrons. The zero-order valence-electron chi connectivity index (χ0n) is 26.2. The van der Waals surface area contributed by atoms with Gasteiger partial charge in [-0.05, 0) is 59.2 Å². The Morgan fingerprint density at radius 3 is 1.92 bits per heavy atom. The van der Waals surface area contributed by atoms with Gasteiger partial charge in [0.15, 0.2) is 12.4 Å². The van der Waals surface area contributed by atoms with Crippen molar-refractivity contribution in [1.82, 2.24) is 9.55 Å². The summed E-state index contributed by atoms with van der Waals surface area (Å²) >= 11 is 0. The molecule has 10 nitrogen and oxygen atoms in total. The lowest BCUT2D eigenvalue weighted by Crippen LogP contribution is -2.44. The first-order chi connectivity index (χ1) is 23.4. The number of carbonyl (C=O) groups is 1. The van der Waals surface area contributed by atoms with Crippen LogP contribution >= 0.6 is 0 Å². The number of carbonyl (C=O) groups excluding carboxylic acids is 1. The highest BCUT2D eigenvalue weighted by Crippen LogP contribution is 2.46. The normalized spacial score (nSPS) is 19.1. The molecule has 1 aromatic heterocycles. The van der Waals surface area contributed by atoms with Gasteiger partial charge < -0.3 is 29.4 Å². The molecule has 1 amide bonds. The molecule has 246 valence electrons. The van der Waals surface area contributed by atoms with E-state index < -0.39 is 48.4 Å². The van der Waals surface area contributed by atoms with E-state index in [1.165, 1.54) is 12.3 Å². The van der Waals surface area contributed by atoms with Gasteiger partial charge in [-0.15, -0.1) is 0 Å². The van der Waals surface area contributed by atoms with E-state index in [2.05, 4.69) is 10.3 Å². The number of nitrogens with zero attached hydrogens (tertiary/aromatic N) is 2. The minimum Gasteiger partial charge on any atom is -0.497 e. The Bertz CT molecular complexity index is 1840. The number of nitrogens with one attached hydrogen (secondary N) is 1. The number of halogens is 1. The summed E-state index contributed by atoms with van der Waals surface area (Å²) in [5, 5.41) is 13.0. The molecule has 1 aliphatic rings. The topological polar surface area (TPSA) is 121 Å². The number of aromatic nitrogens is 2. The summed E-state index contributed by atoms with van der Waals surface area (Å²) in [4.78, 5) is 29.7. The molecule has 2 heterocycles. The molecule has 0 unspecified atom stereocenters. The van der Waals surface area contributed by atoms with Gasteiger partial charge in [0.2, 0.25) is 0 Å². The van der Waals surface area contributed by atoms with Gasteiger partial charge in [-0.25, -0.2) is 9.18 Å². The molecule has 1 saturated heterocycles. The number of aliphatic hydroxyl groups is 1. The van der Waals surface area contributed by atoms with Crippen LogP contribution in [0.3, 0.4) is 0 Å². The van der Waals surface area contributed by atoms with Crippen LogP contribution in [0.25, 0.3) is 0 Å². The smallest absolute Gasteiger partial charge is 0.351 e. The van der Waals surface area contributed by atoms with Crippen LogP contribution < -0.4 is 20.5 Å². The van der Waals surface area contributed by atoms with Gasteiger partial charge in [-0.2, -0.15) is 4.98 Å². The van der Waals surface area contributed by atoms with Crippen LogP contribution in [-0.2, 0) is 15.1 Å². The summed E-state index contributed by atoms with van der Waals surface area (Å²) in [6.07, 6.45) is -4.62. The predicted octanol–water partition coefficient (Wildman–Crippen LogP) is 5.12. The zero-order chi connectivity index (χ0) is 33.7. The maximum Gasteiger partial charge on any atom is 0.351 e. The van der Waals surface area contributed by atoms with Crippen LogP contribution in [0.2, 0.25) is 0 Å². The number of amides is 1. The van der Waals surface area contributed by atoms with Crippen molar-refractivity contribution >= 4 is 11.7 Å². The first-order valence-electron chi connectivity index (χ1n) is 15.3. The van der Waals surface area contributed by atoms with Crippen LogP contribution in [0.15, 0.2) is 126 Å². The highest BCUT2D eigenvalue weighted by molar-refractivity contribution is 6.03. The molecule has 4 aromatic carbocycles. The lowest BCUT2D eigenvalue weighted by molar-refractivity contribution is -0.105. The molecule has 2 N–H and O–H groups in total. The van der Waals surface area contributed by atoms with Gasteiger partial charge >= 0.3 is 5.69 Å². The van der Waals surface area contributed by atoms with Crippen molar-refractivity contribution in [3.63, 3.8) is 0 Å². The quantitative estimate of drug-likeness (QED) is 0.189. The van der Waals surface area contributed by atoms with Gasteiger partial charge in [0, 0.05) is 11.8 Å². The SMILES string of the molecule is COc1ccc(C(O[C@H]2[C@@H](F)[C@H](n3ccc(NC(=O)c4ccccc4)nc3=O)O[C@@H]2CO)(c2ccccc2)c2ccc(OC)cc2)cc1. The fourth-order valence-electron chi connectivity index (χ4n) is 5.89. The van der Waals surface area contributed by atoms with Crippen molar-refractivity contribution in [1.29, 1.82) is 0 Å². The molecule has 1 aliphatic heterocycles. The van der Waals surface area contributed by atoms with Crippen molar-refractivity contribution in [2.24, 2.45) is 0 Å². The van der Waals surface area contributed by atoms with Crippen LogP contribution in [0.1, 0.15) is 33.3 Å². The van der Waals surface area contributed by atoms with E-state index in [4.69, 9.17) is 18.9 Å². The van der Waals surface area contributed by atoms with E-state index in [-0.39, 0.29) is 5.82 Å². The molecule has 0 bridgehead atoms. The number of hydrogen-bond acceptors (Lipinski definition) is 8. The van der Waals surface area contributed by atoms with Crippen molar-refractivity contribution < 1.29 is 33.2 Å². The molecule has 1 fully saturated rings. The lowest BCUT2D eigenvalue weighted by atomic mass is 9.79. The van der Waals surface area contributed by atoms with E-state index in [1.807, 2.05) is 54.6 Å². The Labute approximate surface area is 276 Å². The number of alkyl halides is 1. The summed E-state index contributed by atoms with van der Waals surface area (Å²) < 4.78 is 41.4. The van der Waals surface area contributed by atoms with Gasteiger partial charge in [-0.1, -0.05) is 72.8 Å². The maximum atomic E-state index is 16.7. The molecule has 4 atom stereocenters. The zero-order valence-corrected chi connectivity index (χ0v) is 26.2. The minimum absolute atomic E-state index is 0.00729. The van der Waals surface area contributed by atoms with Crippen molar-refractivity contribution in [3.8, 4) is 11.5 Å². The van der Waals surface area contributed by atoms with Crippen molar-refractivity contribution in [2.75, 3.05) is 26.1 Å². The summed E-state index contributed by atoms with van der Waals surface area (Å²) in [6, 6.07) is 33.6.